The zero-order chi connectivity index (χ0) is 18.6. The highest BCUT2D eigenvalue weighted by atomic mass is 16.5. The minimum Gasteiger partial charge on any atom is -0.460 e. The smallest absolute Gasteiger partial charge is 0.374 e. The van der Waals surface area contributed by atoms with Gasteiger partial charge in [-0.25, -0.2) is 9.78 Å². The molecule has 1 fully saturated rings. The van der Waals surface area contributed by atoms with Crippen LogP contribution in [0.3, 0.4) is 0 Å². The lowest BCUT2D eigenvalue weighted by Crippen LogP contribution is -2.46. The van der Waals surface area contributed by atoms with Gasteiger partial charge in [-0.05, 0) is 13.0 Å². The van der Waals surface area contributed by atoms with Crippen molar-refractivity contribution in [2.75, 3.05) is 37.7 Å². The third-order valence-corrected chi connectivity index (χ3v) is 4.79. The number of ether oxygens (including phenoxy) is 1. The van der Waals surface area contributed by atoms with Crippen LogP contribution in [0.2, 0.25) is 0 Å². The van der Waals surface area contributed by atoms with E-state index in [4.69, 9.17) is 9.15 Å². The van der Waals surface area contributed by atoms with E-state index in [9.17, 15) is 4.79 Å². The number of nitrogens with zero attached hydrogens (tertiary/aromatic N) is 4. The van der Waals surface area contributed by atoms with Gasteiger partial charge in [0.1, 0.15) is 11.4 Å². The molecule has 0 unspecified atom stereocenters. The predicted octanol–water partition coefficient (Wildman–Crippen LogP) is 2.72. The average Bonchev–Trinajstić information content (AvgIpc) is 3.08. The number of para-hydroxylation sites is 1. The van der Waals surface area contributed by atoms with Gasteiger partial charge in [-0.2, -0.15) is 0 Å². The maximum atomic E-state index is 12.4. The van der Waals surface area contributed by atoms with Crippen LogP contribution in [0.5, 0.6) is 0 Å². The van der Waals surface area contributed by atoms with Crippen molar-refractivity contribution in [1.82, 2.24) is 14.9 Å². The normalized spacial score (nSPS) is 15.2. The maximum Gasteiger partial charge on any atom is 0.374 e. The molecule has 0 N–H and O–H groups in total. The van der Waals surface area contributed by atoms with Crippen LogP contribution in [0.15, 0.2) is 47.3 Å². The SMILES string of the molecule is CCOC(=O)c1oc2ccccc2c1CN1CCN(c2cnccn2)CC1. The van der Waals surface area contributed by atoms with E-state index in [0.29, 0.717) is 24.5 Å². The van der Waals surface area contributed by atoms with E-state index in [1.165, 1.54) is 0 Å². The molecular formula is C20H22N4O3. The Bertz CT molecular complexity index is 917. The lowest BCUT2D eigenvalue weighted by Gasteiger charge is -2.35. The number of rotatable bonds is 5. The summed E-state index contributed by atoms with van der Waals surface area (Å²) in [6, 6.07) is 7.74. The lowest BCUT2D eigenvalue weighted by molar-refractivity contribution is 0.0489. The molecule has 3 heterocycles. The summed E-state index contributed by atoms with van der Waals surface area (Å²) in [6.07, 6.45) is 5.18. The molecule has 1 aliphatic heterocycles. The summed E-state index contributed by atoms with van der Waals surface area (Å²) in [7, 11) is 0. The number of furan rings is 1. The molecule has 0 aliphatic carbocycles. The van der Waals surface area contributed by atoms with Crippen LogP contribution in [-0.4, -0.2) is 53.6 Å². The molecule has 4 rings (SSSR count). The Morgan fingerprint density at radius 2 is 2.00 bits per heavy atom. The molecule has 0 spiro atoms. The molecule has 27 heavy (non-hydrogen) atoms. The minimum atomic E-state index is -0.401. The number of esters is 1. The van der Waals surface area contributed by atoms with Gasteiger partial charge in [0, 0.05) is 56.1 Å². The van der Waals surface area contributed by atoms with E-state index < -0.39 is 5.97 Å². The van der Waals surface area contributed by atoms with E-state index in [0.717, 1.165) is 42.9 Å². The van der Waals surface area contributed by atoms with Crippen molar-refractivity contribution in [2.45, 2.75) is 13.5 Å². The molecule has 1 saturated heterocycles. The monoisotopic (exact) mass is 366 g/mol. The molecule has 7 heteroatoms. The molecular weight excluding hydrogens is 344 g/mol. The summed E-state index contributed by atoms with van der Waals surface area (Å²) in [5, 5.41) is 0.969. The van der Waals surface area contributed by atoms with Crippen LogP contribution in [0, 0.1) is 0 Å². The van der Waals surface area contributed by atoms with Crippen molar-refractivity contribution in [2.24, 2.45) is 0 Å². The van der Waals surface area contributed by atoms with E-state index in [1.807, 2.05) is 24.3 Å². The van der Waals surface area contributed by atoms with Crippen LogP contribution in [0.25, 0.3) is 11.0 Å². The molecule has 2 aromatic heterocycles. The zero-order valence-corrected chi connectivity index (χ0v) is 15.3. The highest BCUT2D eigenvalue weighted by Crippen LogP contribution is 2.28. The third kappa shape index (κ3) is 3.64. The fourth-order valence-electron chi connectivity index (χ4n) is 3.43. The van der Waals surface area contributed by atoms with Crippen molar-refractivity contribution in [3.63, 3.8) is 0 Å². The summed E-state index contributed by atoms with van der Waals surface area (Å²) < 4.78 is 11.0. The highest BCUT2D eigenvalue weighted by molar-refractivity contribution is 5.96. The van der Waals surface area contributed by atoms with Crippen LogP contribution in [0.1, 0.15) is 23.0 Å². The fraction of sp³-hybridized carbons (Fsp3) is 0.350. The van der Waals surface area contributed by atoms with Gasteiger partial charge in [0.15, 0.2) is 0 Å². The number of carbonyl (C=O) groups is 1. The second-order valence-electron chi connectivity index (χ2n) is 6.45. The number of hydrogen-bond acceptors (Lipinski definition) is 7. The second-order valence-corrected chi connectivity index (χ2v) is 6.45. The predicted molar refractivity (Wildman–Crippen MR) is 102 cm³/mol. The first-order valence-electron chi connectivity index (χ1n) is 9.17. The molecule has 1 aliphatic rings. The molecule has 0 radical (unpaired) electrons. The van der Waals surface area contributed by atoms with Gasteiger partial charge in [-0.3, -0.25) is 9.88 Å². The Kier molecular flexibility index (Phi) is 5.02. The third-order valence-electron chi connectivity index (χ3n) is 4.79. The lowest BCUT2D eigenvalue weighted by atomic mass is 10.1. The first kappa shape index (κ1) is 17.5. The number of piperazine rings is 1. The van der Waals surface area contributed by atoms with E-state index in [-0.39, 0.29) is 0 Å². The topological polar surface area (TPSA) is 71.7 Å². The summed E-state index contributed by atoms with van der Waals surface area (Å²) in [6.45, 7) is 6.25. The minimum absolute atomic E-state index is 0.314. The number of fused-ring (bicyclic) bond motifs is 1. The van der Waals surface area contributed by atoms with Gasteiger partial charge in [-0.15, -0.1) is 0 Å². The largest absolute Gasteiger partial charge is 0.460 e. The van der Waals surface area contributed by atoms with Crippen LogP contribution < -0.4 is 4.90 Å². The van der Waals surface area contributed by atoms with Crippen molar-refractivity contribution in [3.8, 4) is 0 Å². The summed E-state index contributed by atoms with van der Waals surface area (Å²) in [5.41, 5.74) is 1.62. The number of anilines is 1. The Labute approximate surface area is 157 Å². The van der Waals surface area contributed by atoms with Crippen LogP contribution in [-0.2, 0) is 11.3 Å². The van der Waals surface area contributed by atoms with Gasteiger partial charge >= 0.3 is 5.97 Å². The van der Waals surface area contributed by atoms with Gasteiger partial charge in [-0.1, -0.05) is 18.2 Å². The molecule has 0 atom stereocenters. The van der Waals surface area contributed by atoms with Crippen LogP contribution >= 0.6 is 0 Å². The maximum absolute atomic E-state index is 12.4. The summed E-state index contributed by atoms with van der Waals surface area (Å²) in [5.74, 6) is 0.814. The summed E-state index contributed by atoms with van der Waals surface area (Å²) >= 11 is 0. The highest BCUT2D eigenvalue weighted by Gasteiger charge is 2.25. The van der Waals surface area contributed by atoms with Crippen LogP contribution in [0.4, 0.5) is 5.82 Å². The molecule has 7 nitrogen and oxygen atoms in total. The number of benzene rings is 1. The zero-order valence-electron chi connectivity index (χ0n) is 15.3. The Balaban J connectivity index is 1.52. The van der Waals surface area contributed by atoms with Gasteiger partial charge in [0.05, 0.1) is 12.8 Å². The molecule has 0 bridgehead atoms. The molecule has 0 amide bonds. The fourth-order valence-corrected chi connectivity index (χ4v) is 3.43. The molecule has 3 aromatic rings. The standard InChI is InChI=1S/C20H22N4O3/c1-2-26-20(25)19-16(15-5-3-4-6-17(15)27-19)14-23-9-11-24(12-10-23)18-13-21-7-8-22-18/h3-8,13H,2,9-12,14H2,1H3. The molecule has 140 valence electrons. The van der Waals surface area contributed by atoms with Crippen molar-refractivity contribution < 1.29 is 13.9 Å². The van der Waals surface area contributed by atoms with E-state index >= 15 is 0 Å². The van der Waals surface area contributed by atoms with Crippen molar-refractivity contribution in [1.29, 1.82) is 0 Å². The van der Waals surface area contributed by atoms with Crippen molar-refractivity contribution >= 4 is 22.8 Å². The van der Waals surface area contributed by atoms with Gasteiger partial charge < -0.3 is 14.1 Å². The first-order valence-corrected chi connectivity index (χ1v) is 9.17. The second kappa shape index (κ2) is 7.75. The summed E-state index contributed by atoms with van der Waals surface area (Å²) in [4.78, 5) is 25.4. The Morgan fingerprint density at radius 1 is 1.19 bits per heavy atom. The first-order chi connectivity index (χ1) is 13.3. The number of hydrogen-bond donors (Lipinski definition) is 0. The Morgan fingerprint density at radius 3 is 2.74 bits per heavy atom. The Hall–Kier alpha value is -2.93. The number of aromatic nitrogens is 2. The van der Waals surface area contributed by atoms with E-state index in [2.05, 4.69) is 19.8 Å². The molecule has 1 aromatic carbocycles. The average molecular weight is 366 g/mol. The van der Waals surface area contributed by atoms with Gasteiger partial charge in [0.25, 0.3) is 0 Å². The van der Waals surface area contributed by atoms with E-state index in [1.54, 1.807) is 25.5 Å². The molecule has 0 saturated carbocycles. The quantitative estimate of drug-likeness (QED) is 0.643. The van der Waals surface area contributed by atoms with Gasteiger partial charge in [0.2, 0.25) is 5.76 Å². The van der Waals surface area contributed by atoms with Crippen molar-refractivity contribution in [3.05, 3.63) is 54.2 Å². The number of carbonyl (C=O) groups excluding carboxylic acids is 1.